The molecule has 0 rings (SSSR count). The van der Waals surface area contributed by atoms with E-state index in [1.54, 1.807) is 0 Å². The first-order valence-electron chi connectivity index (χ1n) is 0.354. The van der Waals surface area contributed by atoms with E-state index in [-0.39, 0.29) is 69.0 Å². The molecule has 0 heterocycles. The predicted molar refractivity (Wildman–Crippen MR) is 37.0 cm³/mol. The Hall–Kier alpha value is 3.34. The van der Waals surface area contributed by atoms with Crippen LogP contribution in [0.25, 0.3) is 0 Å². The van der Waals surface area contributed by atoms with Crippen molar-refractivity contribution in [3.05, 3.63) is 0 Å². The Bertz CT molecular complexity index is 11.6. The van der Waals surface area contributed by atoms with Gasteiger partial charge in [0, 0.05) is 0 Å². The van der Waals surface area contributed by atoms with Crippen LogP contribution in [0.15, 0.2) is 0 Å². The summed E-state index contributed by atoms with van der Waals surface area (Å²) in [7, 11) is 0. The molecule has 0 aliphatic heterocycles. The zero-order valence-electron chi connectivity index (χ0n) is 2.06. The number of rotatable bonds is 0. The zero-order chi connectivity index (χ0) is 2.00. The van der Waals surface area contributed by atoms with Gasteiger partial charge in [0.25, 0.3) is 0 Å². The van der Waals surface area contributed by atoms with Crippen LogP contribution >= 0.6 is 0 Å². The van der Waals surface area contributed by atoms with Gasteiger partial charge in [0.15, 0.2) is 0 Å². The van der Waals surface area contributed by atoms with Gasteiger partial charge in [0.2, 0.25) is 0 Å². The maximum atomic E-state index is 3.39. The van der Waals surface area contributed by atoms with E-state index < -0.39 is 0 Å². The first kappa shape index (κ1) is 23.9. The number of hydrogen-bond donors (Lipinski definition) is 0. The molecule has 0 aliphatic rings. The standard InChI is InChI=1S/Al.Bi.Fe.Ga.Mg.10H. The second-order valence-corrected chi connectivity index (χ2v) is 0. The van der Waals surface area contributed by atoms with Gasteiger partial charge in [-0.25, -0.2) is 0 Å². The molecular weight excluding hydrogens is 386 g/mol. The molecule has 0 amide bonds. The monoisotopic (exact) mass is 395 g/mol. The van der Waals surface area contributed by atoms with Crippen molar-refractivity contribution in [3.63, 3.8) is 0 Å². The van der Waals surface area contributed by atoms with Crippen LogP contribution in [0.3, 0.4) is 0 Å². The molecule has 5 heavy (non-hydrogen) atoms. The predicted octanol–water partition coefficient (Wildman–Crippen LogP) is -4.20. The molecule has 0 aromatic carbocycles. The molecule has 0 spiro atoms. The van der Waals surface area contributed by atoms with Gasteiger partial charge < -0.3 is 0 Å². The summed E-state index contributed by atoms with van der Waals surface area (Å²) in [5.41, 5.74) is 0. The van der Waals surface area contributed by atoms with E-state index in [4.69, 9.17) is 0 Å². The largest absolute Gasteiger partial charge is 0.316 e. The molecule has 0 saturated heterocycles. The molecule has 0 atom stereocenters. The van der Waals surface area contributed by atoms with Crippen molar-refractivity contribution >= 4 is 83.5 Å². The van der Waals surface area contributed by atoms with Gasteiger partial charge in [-0.05, 0) is 0 Å². The minimum atomic E-state index is 0. The van der Waals surface area contributed by atoms with Crippen molar-refractivity contribution in [2.75, 3.05) is 0 Å². The second kappa shape index (κ2) is 26.5. The van der Waals surface area contributed by atoms with Gasteiger partial charge in [-0.1, -0.05) is 0 Å². The smallest absolute Gasteiger partial charge is 0.316 e. The molecule has 0 radical (unpaired) electrons. The molecule has 5 heteroatoms. The van der Waals surface area contributed by atoms with E-state index in [0.717, 1.165) is 14.4 Å². The van der Waals surface area contributed by atoms with Crippen LogP contribution in [0.1, 0.15) is 0 Å². The summed E-state index contributed by atoms with van der Waals surface area (Å²) in [6.07, 6.45) is 0. The topological polar surface area (TPSA) is 0 Å². The Morgan fingerprint density at radius 2 is 1.20 bits per heavy atom. The van der Waals surface area contributed by atoms with Crippen LogP contribution in [0.2, 0.25) is 0 Å². The second-order valence-electron chi connectivity index (χ2n) is 0. The molecule has 0 aromatic rings. The van der Waals surface area contributed by atoms with Crippen molar-refractivity contribution in [3.8, 4) is 0 Å². The van der Waals surface area contributed by atoms with Gasteiger partial charge in [0.05, 0.1) is 0 Å². The third kappa shape index (κ3) is 18.8. The summed E-state index contributed by atoms with van der Waals surface area (Å²) in [4.78, 5) is 0. The van der Waals surface area contributed by atoms with Crippen LogP contribution in [-0.4, -0.2) is 83.5 Å². The summed E-state index contributed by atoms with van der Waals surface area (Å²) in [5.74, 6) is 0. The third-order valence-corrected chi connectivity index (χ3v) is 0. The van der Waals surface area contributed by atoms with Crippen molar-refractivity contribution < 1.29 is 14.1 Å². The minimum Gasteiger partial charge on any atom is 0.316 e. The van der Waals surface area contributed by atoms with E-state index in [9.17, 15) is 0 Å². The fraction of sp³-hybridized carbons (Fsp3) is 0. The van der Waals surface area contributed by atoms with E-state index in [1.165, 1.54) is 0 Å². The van der Waals surface area contributed by atoms with Crippen LogP contribution < -0.4 is 0 Å². The molecule has 0 N–H and O–H groups in total. The van der Waals surface area contributed by atoms with Crippen molar-refractivity contribution in [1.82, 2.24) is 0 Å². The molecule has 31 valence electrons. The SMILES string of the molecule is [AlH2][Fe].[BiH3].[GaH3].[MgH2]. The fourth-order valence-electron chi connectivity index (χ4n) is 0. The van der Waals surface area contributed by atoms with Gasteiger partial charge >= 0.3 is 97.6 Å². The van der Waals surface area contributed by atoms with Crippen LogP contribution in [0.5, 0.6) is 0 Å². The van der Waals surface area contributed by atoms with Gasteiger partial charge in [-0.3, -0.25) is 0 Å². The van der Waals surface area contributed by atoms with E-state index in [0.29, 0.717) is 0 Å². The fourth-order valence-corrected chi connectivity index (χ4v) is 0. The van der Waals surface area contributed by atoms with E-state index in [2.05, 4.69) is 14.1 Å². The Labute approximate surface area is 95.7 Å². The first-order valence-corrected chi connectivity index (χ1v) is 4.37. The molecule has 0 nitrogen and oxygen atoms in total. The Morgan fingerprint density at radius 1 is 1.20 bits per heavy atom. The van der Waals surface area contributed by atoms with Crippen LogP contribution in [-0.2, 0) is 14.1 Å². The Morgan fingerprint density at radius 3 is 1.20 bits per heavy atom. The maximum absolute atomic E-state index is 3.39. The Balaban J connectivity index is -0.00000000167. The van der Waals surface area contributed by atoms with Gasteiger partial charge in [-0.2, -0.15) is 0 Å². The van der Waals surface area contributed by atoms with Gasteiger partial charge in [-0.15, -0.1) is 0 Å². The summed E-state index contributed by atoms with van der Waals surface area (Å²) in [6, 6.07) is 0. The average molecular weight is 396 g/mol. The number of hydrogen-bond acceptors (Lipinski definition) is 0. The summed E-state index contributed by atoms with van der Waals surface area (Å²) in [5, 5.41) is 0. The minimum absolute atomic E-state index is 0. The molecule has 0 saturated carbocycles. The molecule has 0 bridgehead atoms. The Kier molecular flexibility index (Phi) is 126. The average Bonchev–Trinajstić information content (AvgIpc) is 1.00. The molecule has 0 fully saturated rings. The van der Waals surface area contributed by atoms with E-state index >= 15 is 0 Å². The van der Waals surface area contributed by atoms with Crippen LogP contribution in [0, 0.1) is 0 Å². The molecule has 0 aliphatic carbocycles. The van der Waals surface area contributed by atoms with Crippen LogP contribution in [0.4, 0.5) is 0 Å². The summed E-state index contributed by atoms with van der Waals surface area (Å²) in [6.45, 7) is 0. The third-order valence-electron chi connectivity index (χ3n) is 0. The first-order chi connectivity index (χ1) is 1.00. The summed E-state index contributed by atoms with van der Waals surface area (Å²) < 4.78 is 0. The van der Waals surface area contributed by atoms with Crippen molar-refractivity contribution in [2.24, 2.45) is 0 Å². The van der Waals surface area contributed by atoms with Gasteiger partial charge in [0.1, 0.15) is 0 Å². The van der Waals surface area contributed by atoms with Crippen molar-refractivity contribution in [1.29, 1.82) is 0 Å². The normalized spacial score (nSPS) is 1.00. The molecule has 0 unspecified atom stereocenters. The molecular formula is H10AlBiFeGaMg. The summed E-state index contributed by atoms with van der Waals surface area (Å²) >= 11 is 4.44. The van der Waals surface area contributed by atoms with Crippen molar-refractivity contribution in [2.45, 2.75) is 0 Å². The van der Waals surface area contributed by atoms with E-state index in [1.807, 2.05) is 0 Å². The quantitative estimate of drug-likeness (QED) is 0.365. The zero-order valence-corrected chi connectivity index (χ0v) is 10.7. The molecule has 0 aromatic heterocycles. The maximum Gasteiger partial charge on any atom is 0.316 e.